The van der Waals surface area contributed by atoms with Crippen LogP contribution >= 0.6 is 11.6 Å². The molecule has 0 atom stereocenters. The summed E-state index contributed by atoms with van der Waals surface area (Å²) in [6.45, 7) is 1.91. The molecule has 0 N–H and O–H groups in total. The molecule has 0 spiro atoms. The van der Waals surface area contributed by atoms with E-state index < -0.39 is 0 Å². The average Bonchev–Trinajstić information content (AvgIpc) is 2.72. The maximum Gasteiger partial charge on any atom is 0.227 e. The van der Waals surface area contributed by atoms with Crippen molar-refractivity contribution >= 4 is 17.9 Å². The molecule has 0 bridgehead atoms. The number of aromatic nitrogens is 1. The van der Waals surface area contributed by atoms with Gasteiger partial charge < -0.3 is 4.42 Å². The summed E-state index contributed by atoms with van der Waals surface area (Å²) in [5, 5.41) is 0.612. The first-order valence-corrected chi connectivity index (χ1v) is 5.33. The second-order valence-corrected chi connectivity index (χ2v) is 3.75. The minimum atomic E-state index is 0.359. The third kappa shape index (κ3) is 1.99. The first-order chi connectivity index (χ1) is 7.74. The molecule has 0 aliphatic rings. The van der Waals surface area contributed by atoms with Crippen molar-refractivity contribution in [3.63, 3.8) is 0 Å². The third-order valence-electron chi connectivity index (χ3n) is 2.23. The summed E-state index contributed by atoms with van der Waals surface area (Å²) in [7, 11) is 0. The van der Waals surface area contributed by atoms with Crippen molar-refractivity contribution in [1.29, 1.82) is 0 Å². The van der Waals surface area contributed by atoms with Crippen molar-refractivity contribution in [2.75, 3.05) is 0 Å². The van der Waals surface area contributed by atoms with E-state index >= 15 is 0 Å². The molecule has 82 valence electrons. The second kappa shape index (κ2) is 4.49. The molecule has 16 heavy (non-hydrogen) atoms. The zero-order valence-electron chi connectivity index (χ0n) is 8.74. The van der Waals surface area contributed by atoms with Gasteiger partial charge in [-0.2, -0.15) is 0 Å². The number of nitrogens with zero attached hydrogens (tertiary/aromatic N) is 1. The van der Waals surface area contributed by atoms with Crippen molar-refractivity contribution in [1.82, 2.24) is 4.98 Å². The summed E-state index contributed by atoms with van der Waals surface area (Å²) >= 11 is 5.87. The zero-order valence-corrected chi connectivity index (χ0v) is 9.49. The molecular formula is C12H10ClNO2. The number of hydrogen-bond donors (Lipinski definition) is 0. The zero-order chi connectivity index (χ0) is 11.5. The molecule has 1 aromatic heterocycles. The van der Waals surface area contributed by atoms with Crippen molar-refractivity contribution in [2.45, 2.75) is 13.3 Å². The topological polar surface area (TPSA) is 43.1 Å². The van der Waals surface area contributed by atoms with E-state index in [4.69, 9.17) is 16.0 Å². The van der Waals surface area contributed by atoms with Crippen LogP contribution in [0, 0.1) is 0 Å². The lowest BCUT2D eigenvalue weighted by Gasteiger charge is -1.95. The largest absolute Gasteiger partial charge is 0.440 e. The maximum absolute atomic E-state index is 10.7. The first-order valence-electron chi connectivity index (χ1n) is 4.95. The van der Waals surface area contributed by atoms with Crippen LogP contribution in [0.2, 0.25) is 5.02 Å². The van der Waals surface area contributed by atoms with Crippen LogP contribution in [0.1, 0.15) is 23.2 Å². The number of halogens is 1. The molecule has 2 aromatic rings. The summed E-state index contributed by atoms with van der Waals surface area (Å²) in [6.07, 6.45) is 1.35. The van der Waals surface area contributed by atoms with E-state index in [1.807, 2.05) is 19.1 Å². The quantitative estimate of drug-likeness (QED) is 0.766. The fourth-order valence-electron chi connectivity index (χ4n) is 1.45. The SMILES string of the molecule is CCc1oc(-c2cccc(Cl)c2)nc1C=O. The molecule has 1 heterocycles. The lowest BCUT2D eigenvalue weighted by Crippen LogP contribution is -1.85. The van der Waals surface area contributed by atoms with Gasteiger partial charge in [-0.1, -0.05) is 24.6 Å². The molecule has 0 radical (unpaired) electrons. The van der Waals surface area contributed by atoms with Gasteiger partial charge in [-0.25, -0.2) is 4.98 Å². The smallest absolute Gasteiger partial charge is 0.227 e. The summed E-state index contributed by atoms with van der Waals surface area (Å²) in [5.41, 5.74) is 1.13. The fraction of sp³-hybridized carbons (Fsp3) is 0.167. The van der Waals surface area contributed by atoms with Crippen LogP contribution in [0.3, 0.4) is 0 Å². The Bertz CT molecular complexity index is 519. The minimum absolute atomic E-state index is 0.359. The van der Waals surface area contributed by atoms with E-state index in [1.165, 1.54) is 0 Å². The number of carbonyl (C=O) groups excluding carboxylic acids is 1. The Morgan fingerprint density at radius 2 is 2.31 bits per heavy atom. The number of hydrogen-bond acceptors (Lipinski definition) is 3. The van der Waals surface area contributed by atoms with Crippen LogP contribution < -0.4 is 0 Å². The second-order valence-electron chi connectivity index (χ2n) is 3.31. The third-order valence-corrected chi connectivity index (χ3v) is 2.47. The Labute approximate surface area is 98.1 Å². The van der Waals surface area contributed by atoms with E-state index in [-0.39, 0.29) is 0 Å². The minimum Gasteiger partial charge on any atom is -0.440 e. The van der Waals surface area contributed by atoms with Gasteiger partial charge in [0.15, 0.2) is 6.29 Å². The van der Waals surface area contributed by atoms with Crippen molar-refractivity contribution in [2.24, 2.45) is 0 Å². The van der Waals surface area contributed by atoms with Gasteiger partial charge in [-0.15, -0.1) is 0 Å². The summed E-state index contributed by atoms with van der Waals surface area (Å²) in [5.74, 6) is 1.03. The van der Waals surface area contributed by atoms with Crippen LogP contribution in [0.25, 0.3) is 11.5 Å². The number of aryl methyl sites for hydroxylation is 1. The molecule has 1 aromatic carbocycles. The van der Waals surface area contributed by atoms with E-state index in [0.717, 1.165) is 5.56 Å². The molecule has 0 aliphatic heterocycles. The number of rotatable bonds is 3. The van der Waals surface area contributed by atoms with E-state index in [1.54, 1.807) is 12.1 Å². The lowest BCUT2D eigenvalue weighted by molar-refractivity contribution is 0.111. The Hall–Kier alpha value is -1.61. The fourth-order valence-corrected chi connectivity index (χ4v) is 1.64. The van der Waals surface area contributed by atoms with Gasteiger partial charge in [0.25, 0.3) is 0 Å². The highest BCUT2D eigenvalue weighted by atomic mass is 35.5. The molecule has 3 nitrogen and oxygen atoms in total. The number of aldehydes is 1. The molecule has 0 saturated heterocycles. The number of benzene rings is 1. The van der Waals surface area contributed by atoms with Crippen molar-refractivity contribution in [3.8, 4) is 11.5 Å². The number of oxazole rings is 1. The first kappa shape index (κ1) is 10.9. The van der Waals surface area contributed by atoms with Gasteiger partial charge in [-0.05, 0) is 18.2 Å². The Morgan fingerprint density at radius 1 is 1.50 bits per heavy atom. The molecule has 0 unspecified atom stereocenters. The van der Waals surface area contributed by atoms with Crippen LogP contribution in [0.15, 0.2) is 28.7 Å². The molecule has 0 amide bonds. The lowest BCUT2D eigenvalue weighted by atomic mass is 10.2. The van der Waals surface area contributed by atoms with Crippen LogP contribution in [0.5, 0.6) is 0 Å². The highest BCUT2D eigenvalue weighted by Gasteiger charge is 2.12. The highest BCUT2D eigenvalue weighted by molar-refractivity contribution is 6.30. The Morgan fingerprint density at radius 3 is 2.88 bits per heavy atom. The van der Waals surface area contributed by atoms with E-state index in [2.05, 4.69) is 4.98 Å². The number of carbonyl (C=O) groups is 1. The van der Waals surface area contributed by atoms with Crippen molar-refractivity contribution < 1.29 is 9.21 Å². The molecule has 4 heteroatoms. The summed E-state index contributed by atoms with van der Waals surface area (Å²) in [4.78, 5) is 14.9. The van der Waals surface area contributed by atoms with Gasteiger partial charge in [0, 0.05) is 17.0 Å². The van der Waals surface area contributed by atoms with Crippen LogP contribution in [-0.2, 0) is 6.42 Å². The van der Waals surface area contributed by atoms with Gasteiger partial charge in [-0.3, -0.25) is 4.79 Å². The van der Waals surface area contributed by atoms with Crippen molar-refractivity contribution in [3.05, 3.63) is 40.7 Å². The molecule has 0 fully saturated rings. The van der Waals surface area contributed by atoms with Gasteiger partial charge >= 0.3 is 0 Å². The maximum atomic E-state index is 10.7. The summed E-state index contributed by atoms with van der Waals surface area (Å²) < 4.78 is 5.49. The average molecular weight is 236 g/mol. The van der Waals surface area contributed by atoms with E-state index in [0.29, 0.717) is 35.1 Å². The normalized spacial score (nSPS) is 10.4. The molecule has 0 aliphatic carbocycles. The standard InChI is InChI=1S/C12H10ClNO2/c1-2-11-10(7-15)14-12(16-11)8-4-3-5-9(13)6-8/h3-7H,2H2,1H3. The van der Waals surface area contributed by atoms with Gasteiger partial charge in [0.05, 0.1) is 0 Å². The monoisotopic (exact) mass is 235 g/mol. The predicted octanol–water partition coefficient (Wildman–Crippen LogP) is 3.37. The highest BCUT2D eigenvalue weighted by Crippen LogP contribution is 2.24. The van der Waals surface area contributed by atoms with Crippen LogP contribution in [0.4, 0.5) is 0 Å². The molecule has 2 rings (SSSR count). The molecular weight excluding hydrogens is 226 g/mol. The predicted molar refractivity (Wildman–Crippen MR) is 61.7 cm³/mol. The summed E-state index contributed by atoms with van der Waals surface area (Å²) in [6, 6.07) is 7.18. The van der Waals surface area contributed by atoms with Gasteiger partial charge in [0.1, 0.15) is 11.5 Å². The Balaban J connectivity index is 2.48. The molecule has 0 saturated carbocycles. The Kier molecular flexibility index (Phi) is 3.06. The van der Waals surface area contributed by atoms with E-state index in [9.17, 15) is 4.79 Å². The van der Waals surface area contributed by atoms with Gasteiger partial charge in [0.2, 0.25) is 5.89 Å². The van der Waals surface area contributed by atoms with Crippen LogP contribution in [-0.4, -0.2) is 11.3 Å².